The summed E-state index contributed by atoms with van der Waals surface area (Å²) in [6.45, 7) is 4.60. The van der Waals surface area contributed by atoms with Crippen molar-refractivity contribution in [3.63, 3.8) is 0 Å². The number of rotatable bonds is 8. The van der Waals surface area contributed by atoms with Gasteiger partial charge in [0.05, 0.1) is 0 Å². The Labute approximate surface area is 84.1 Å². The lowest BCUT2D eigenvalue weighted by Crippen LogP contribution is -2.00. The van der Waals surface area contributed by atoms with E-state index in [0.29, 0.717) is 0 Å². The average Bonchev–Trinajstić information content (AvgIpc) is 2.87. The minimum absolute atomic E-state index is 0.852. The largest absolute Gasteiger partial charge is 0.0654 e. The highest BCUT2D eigenvalue weighted by Gasteiger charge is 2.40. The highest BCUT2D eigenvalue weighted by molar-refractivity contribution is 4.92. The summed E-state index contributed by atoms with van der Waals surface area (Å²) in [5.74, 6) is 0. The fourth-order valence-electron chi connectivity index (χ4n) is 2.30. The second-order valence-electron chi connectivity index (χ2n) is 4.91. The summed E-state index contributed by atoms with van der Waals surface area (Å²) in [4.78, 5) is 0. The van der Waals surface area contributed by atoms with E-state index in [4.69, 9.17) is 0 Å². The predicted octanol–water partition coefficient (Wildman–Crippen LogP) is 4.93. The monoisotopic (exact) mass is 182 g/mol. The van der Waals surface area contributed by atoms with E-state index in [0.717, 1.165) is 5.41 Å². The summed E-state index contributed by atoms with van der Waals surface area (Å²) in [7, 11) is 0. The number of hydrogen-bond donors (Lipinski definition) is 0. The Kier molecular flexibility index (Phi) is 4.83. The molecular formula is C13H26. The van der Waals surface area contributed by atoms with Crippen molar-refractivity contribution < 1.29 is 0 Å². The highest BCUT2D eigenvalue weighted by atomic mass is 14.5. The Morgan fingerprint density at radius 2 is 1.23 bits per heavy atom. The average molecular weight is 182 g/mol. The summed E-state index contributed by atoms with van der Waals surface area (Å²) in [6.07, 6.45) is 14.8. The van der Waals surface area contributed by atoms with Crippen molar-refractivity contribution in [2.24, 2.45) is 5.41 Å². The van der Waals surface area contributed by atoms with Crippen LogP contribution in [-0.4, -0.2) is 0 Å². The molecule has 1 aliphatic rings. The quantitative estimate of drug-likeness (QED) is 0.467. The molecule has 0 amide bonds. The van der Waals surface area contributed by atoms with Crippen molar-refractivity contribution in [2.45, 2.75) is 78.1 Å². The topological polar surface area (TPSA) is 0 Å². The van der Waals surface area contributed by atoms with E-state index in [1.54, 1.807) is 12.8 Å². The molecule has 13 heavy (non-hydrogen) atoms. The van der Waals surface area contributed by atoms with Crippen LogP contribution in [0.1, 0.15) is 78.1 Å². The van der Waals surface area contributed by atoms with Crippen molar-refractivity contribution in [3.05, 3.63) is 0 Å². The van der Waals surface area contributed by atoms with Crippen molar-refractivity contribution in [3.8, 4) is 0 Å². The third-order valence-electron chi connectivity index (χ3n) is 3.58. The van der Waals surface area contributed by atoms with Gasteiger partial charge in [0.25, 0.3) is 0 Å². The molecule has 0 N–H and O–H groups in total. The molecule has 0 heterocycles. The van der Waals surface area contributed by atoms with Gasteiger partial charge in [-0.2, -0.15) is 0 Å². The van der Waals surface area contributed by atoms with Gasteiger partial charge in [0, 0.05) is 0 Å². The van der Waals surface area contributed by atoms with Crippen molar-refractivity contribution in [2.75, 3.05) is 0 Å². The normalized spacial score (nSPS) is 18.9. The van der Waals surface area contributed by atoms with E-state index >= 15 is 0 Å². The zero-order valence-electron chi connectivity index (χ0n) is 9.57. The standard InChI is InChI=1S/C13H26/c1-3-5-7-9-13(11-12-13)10-8-6-4-2/h3-12H2,1-2H3. The van der Waals surface area contributed by atoms with Gasteiger partial charge in [-0.3, -0.25) is 0 Å². The van der Waals surface area contributed by atoms with Crippen molar-refractivity contribution in [1.82, 2.24) is 0 Å². The van der Waals surface area contributed by atoms with Crippen LogP contribution in [0.25, 0.3) is 0 Å². The molecule has 0 bridgehead atoms. The molecule has 0 saturated heterocycles. The first kappa shape index (κ1) is 11.1. The molecule has 0 atom stereocenters. The molecule has 0 heteroatoms. The first-order valence-electron chi connectivity index (χ1n) is 6.33. The molecular weight excluding hydrogens is 156 g/mol. The van der Waals surface area contributed by atoms with Gasteiger partial charge < -0.3 is 0 Å². The van der Waals surface area contributed by atoms with Gasteiger partial charge in [-0.15, -0.1) is 0 Å². The van der Waals surface area contributed by atoms with E-state index in [9.17, 15) is 0 Å². The molecule has 0 spiro atoms. The Hall–Kier alpha value is 0. The van der Waals surface area contributed by atoms with Crippen LogP contribution >= 0.6 is 0 Å². The fourth-order valence-corrected chi connectivity index (χ4v) is 2.30. The molecule has 0 radical (unpaired) electrons. The van der Waals surface area contributed by atoms with Crippen LogP contribution in [0.3, 0.4) is 0 Å². The fraction of sp³-hybridized carbons (Fsp3) is 1.00. The van der Waals surface area contributed by atoms with E-state index in [-0.39, 0.29) is 0 Å². The highest BCUT2D eigenvalue weighted by Crippen LogP contribution is 2.53. The third-order valence-corrected chi connectivity index (χ3v) is 3.58. The van der Waals surface area contributed by atoms with Gasteiger partial charge in [0.2, 0.25) is 0 Å². The zero-order chi connectivity index (χ0) is 9.57. The van der Waals surface area contributed by atoms with Crippen LogP contribution in [0.15, 0.2) is 0 Å². The van der Waals surface area contributed by atoms with Crippen LogP contribution in [0.5, 0.6) is 0 Å². The molecule has 1 rings (SSSR count). The Morgan fingerprint density at radius 1 is 0.769 bits per heavy atom. The zero-order valence-corrected chi connectivity index (χ0v) is 9.57. The predicted molar refractivity (Wildman–Crippen MR) is 60.0 cm³/mol. The Balaban J connectivity index is 2.01. The first-order chi connectivity index (χ1) is 6.33. The Morgan fingerprint density at radius 3 is 1.54 bits per heavy atom. The maximum atomic E-state index is 2.30. The molecule has 1 aliphatic carbocycles. The third kappa shape index (κ3) is 4.15. The SMILES string of the molecule is CCCCCC1(CCCCC)CC1. The molecule has 78 valence electrons. The molecule has 0 aliphatic heterocycles. The molecule has 0 aromatic carbocycles. The Bertz CT molecular complexity index is 110. The van der Waals surface area contributed by atoms with Crippen LogP contribution in [0, 0.1) is 5.41 Å². The summed E-state index contributed by atoms with van der Waals surface area (Å²) >= 11 is 0. The maximum absolute atomic E-state index is 2.30. The molecule has 1 fully saturated rings. The van der Waals surface area contributed by atoms with Crippen molar-refractivity contribution in [1.29, 1.82) is 0 Å². The van der Waals surface area contributed by atoms with E-state index in [2.05, 4.69) is 13.8 Å². The minimum Gasteiger partial charge on any atom is -0.0654 e. The smallest absolute Gasteiger partial charge is 0.0297 e. The molecule has 0 aromatic heterocycles. The van der Waals surface area contributed by atoms with Gasteiger partial charge in [0.1, 0.15) is 0 Å². The molecule has 1 saturated carbocycles. The first-order valence-corrected chi connectivity index (χ1v) is 6.33. The molecule has 0 aromatic rings. The second-order valence-corrected chi connectivity index (χ2v) is 4.91. The lowest BCUT2D eigenvalue weighted by molar-refractivity contribution is 0.389. The van der Waals surface area contributed by atoms with Gasteiger partial charge in [-0.05, 0) is 31.1 Å². The second kappa shape index (κ2) is 5.67. The number of hydrogen-bond acceptors (Lipinski definition) is 0. The summed E-state index contributed by atoms with van der Waals surface area (Å²) < 4.78 is 0. The van der Waals surface area contributed by atoms with Crippen LogP contribution in [0.2, 0.25) is 0 Å². The molecule has 0 nitrogen and oxygen atoms in total. The summed E-state index contributed by atoms with van der Waals surface area (Å²) in [6, 6.07) is 0. The van der Waals surface area contributed by atoms with E-state index < -0.39 is 0 Å². The minimum atomic E-state index is 0.852. The van der Waals surface area contributed by atoms with Crippen LogP contribution in [-0.2, 0) is 0 Å². The van der Waals surface area contributed by atoms with E-state index in [1.165, 1.54) is 51.4 Å². The van der Waals surface area contributed by atoms with Gasteiger partial charge in [-0.1, -0.05) is 52.4 Å². The van der Waals surface area contributed by atoms with Gasteiger partial charge >= 0.3 is 0 Å². The van der Waals surface area contributed by atoms with Crippen LogP contribution < -0.4 is 0 Å². The summed E-state index contributed by atoms with van der Waals surface area (Å²) in [5.41, 5.74) is 0.852. The summed E-state index contributed by atoms with van der Waals surface area (Å²) in [5, 5.41) is 0. The number of unbranched alkanes of at least 4 members (excludes halogenated alkanes) is 4. The lowest BCUT2D eigenvalue weighted by Gasteiger charge is -2.13. The van der Waals surface area contributed by atoms with Gasteiger partial charge in [-0.25, -0.2) is 0 Å². The molecule has 0 unspecified atom stereocenters. The van der Waals surface area contributed by atoms with Crippen LogP contribution in [0.4, 0.5) is 0 Å². The maximum Gasteiger partial charge on any atom is -0.0297 e. The van der Waals surface area contributed by atoms with E-state index in [1.807, 2.05) is 0 Å². The lowest BCUT2D eigenvalue weighted by atomic mass is 9.92. The van der Waals surface area contributed by atoms with Gasteiger partial charge in [0.15, 0.2) is 0 Å². The van der Waals surface area contributed by atoms with Crippen molar-refractivity contribution >= 4 is 0 Å².